The summed E-state index contributed by atoms with van der Waals surface area (Å²) in [5.41, 5.74) is 2.86. The third-order valence-electron chi connectivity index (χ3n) is 3.77. The third kappa shape index (κ3) is 3.25. The summed E-state index contributed by atoms with van der Waals surface area (Å²) in [6, 6.07) is 24.3. The van der Waals surface area contributed by atoms with E-state index < -0.39 is 4.92 Å². The highest BCUT2D eigenvalue weighted by Crippen LogP contribution is 2.37. The molecule has 0 saturated heterocycles. The zero-order valence-electron chi connectivity index (χ0n) is 12.2. The van der Waals surface area contributed by atoms with Crippen molar-refractivity contribution in [1.82, 2.24) is 0 Å². The van der Waals surface area contributed by atoms with Gasteiger partial charge in [0.2, 0.25) is 0 Å². The van der Waals surface area contributed by atoms with Gasteiger partial charge in [0.05, 0.1) is 4.92 Å². The summed E-state index contributed by atoms with van der Waals surface area (Å²) in [6.07, 6.45) is 0. The van der Waals surface area contributed by atoms with Gasteiger partial charge >= 0.3 is 0 Å². The van der Waals surface area contributed by atoms with Crippen molar-refractivity contribution in [2.45, 2.75) is 5.92 Å². The molecule has 23 heavy (non-hydrogen) atoms. The average molecular weight is 324 g/mol. The molecule has 0 N–H and O–H groups in total. The smallest absolute Gasteiger partial charge is 0.258 e. The first-order valence-corrected chi connectivity index (χ1v) is 7.58. The van der Waals surface area contributed by atoms with Crippen molar-refractivity contribution in [1.29, 1.82) is 0 Å². The highest BCUT2D eigenvalue weighted by atomic mass is 35.5. The lowest BCUT2D eigenvalue weighted by atomic mass is 9.85. The molecule has 3 aromatic rings. The molecule has 0 spiro atoms. The monoisotopic (exact) mass is 323 g/mol. The molecule has 0 aromatic heterocycles. The summed E-state index contributed by atoms with van der Waals surface area (Å²) in [7, 11) is 0. The van der Waals surface area contributed by atoms with E-state index in [4.69, 9.17) is 11.6 Å². The lowest BCUT2D eigenvalue weighted by Gasteiger charge is -2.20. The molecule has 0 aliphatic carbocycles. The Morgan fingerprint density at radius 3 is 1.83 bits per heavy atom. The van der Waals surface area contributed by atoms with Crippen molar-refractivity contribution in [3.05, 3.63) is 111 Å². The minimum atomic E-state index is -0.396. The molecule has 3 nitrogen and oxygen atoms in total. The van der Waals surface area contributed by atoms with E-state index >= 15 is 0 Å². The van der Waals surface area contributed by atoms with E-state index in [1.165, 1.54) is 6.07 Å². The number of nitrogens with zero attached hydrogens (tertiary/aromatic N) is 1. The Bertz CT molecular complexity index is 780. The molecule has 0 bridgehead atoms. The second-order valence-corrected chi connectivity index (χ2v) is 5.62. The maximum absolute atomic E-state index is 11.1. The zero-order chi connectivity index (χ0) is 16.2. The van der Waals surface area contributed by atoms with Gasteiger partial charge in [0.1, 0.15) is 0 Å². The first kappa shape index (κ1) is 15.3. The molecule has 3 rings (SSSR count). The van der Waals surface area contributed by atoms with Gasteiger partial charge in [0.15, 0.2) is 0 Å². The Hall–Kier alpha value is -2.65. The Balaban J connectivity index is 2.21. The van der Waals surface area contributed by atoms with Crippen LogP contribution in [0.15, 0.2) is 78.9 Å². The Morgan fingerprint density at radius 2 is 1.35 bits per heavy atom. The molecule has 0 radical (unpaired) electrons. The van der Waals surface area contributed by atoms with E-state index in [1.54, 1.807) is 12.1 Å². The number of halogens is 1. The fourth-order valence-electron chi connectivity index (χ4n) is 2.71. The zero-order valence-corrected chi connectivity index (χ0v) is 13.0. The Morgan fingerprint density at radius 1 is 0.826 bits per heavy atom. The second kappa shape index (κ2) is 6.63. The van der Waals surface area contributed by atoms with Crippen molar-refractivity contribution in [2.24, 2.45) is 0 Å². The van der Waals surface area contributed by atoms with Crippen molar-refractivity contribution in [2.75, 3.05) is 0 Å². The van der Waals surface area contributed by atoms with E-state index in [-0.39, 0.29) is 11.6 Å². The average Bonchev–Trinajstić information content (AvgIpc) is 2.58. The van der Waals surface area contributed by atoms with E-state index in [9.17, 15) is 10.1 Å². The number of hydrogen-bond acceptors (Lipinski definition) is 2. The van der Waals surface area contributed by atoms with E-state index in [0.29, 0.717) is 5.02 Å². The highest BCUT2D eigenvalue weighted by Gasteiger charge is 2.21. The lowest BCUT2D eigenvalue weighted by Crippen LogP contribution is -2.05. The number of hydrogen-bond donors (Lipinski definition) is 0. The van der Waals surface area contributed by atoms with Gasteiger partial charge in [0.25, 0.3) is 5.69 Å². The normalized spacial score (nSPS) is 10.7. The van der Waals surface area contributed by atoms with Crippen LogP contribution in [0.25, 0.3) is 0 Å². The van der Waals surface area contributed by atoms with Crippen LogP contribution in [0.2, 0.25) is 5.02 Å². The summed E-state index contributed by atoms with van der Waals surface area (Å²) in [5, 5.41) is 11.6. The first-order chi connectivity index (χ1) is 11.2. The number of nitro groups is 1. The summed E-state index contributed by atoms with van der Waals surface area (Å²) >= 11 is 6.37. The van der Waals surface area contributed by atoms with Crippen LogP contribution in [0.4, 0.5) is 5.69 Å². The van der Waals surface area contributed by atoms with Crippen molar-refractivity contribution in [3.63, 3.8) is 0 Å². The van der Waals surface area contributed by atoms with Gasteiger partial charge in [-0.05, 0) is 22.8 Å². The van der Waals surface area contributed by atoms with Gasteiger partial charge < -0.3 is 0 Å². The minimum Gasteiger partial charge on any atom is -0.258 e. The number of nitro benzene ring substituents is 1. The molecule has 0 heterocycles. The first-order valence-electron chi connectivity index (χ1n) is 7.20. The van der Waals surface area contributed by atoms with Crippen LogP contribution in [0.1, 0.15) is 22.6 Å². The number of rotatable bonds is 4. The predicted molar refractivity (Wildman–Crippen MR) is 91.9 cm³/mol. The molecule has 3 aromatic carbocycles. The summed E-state index contributed by atoms with van der Waals surface area (Å²) in [6.45, 7) is 0. The molecule has 4 heteroatoms. The molecule has 0 unspecified atom stereocenters. The molecule has 0 aliphatic heterocycles. The van der Waals surface area contributed by atoms with Gasteiger partial charge in [-0.15, -0.1) is 0 Å². The topological polar surface area (TPSA) is 43.1 Å². The van der Waals surface area contributed by atoms with Gasteiger partial charge in [0, 0.05) is 23.1 Å². The molecule has 0 saturated carbocycles. The van der Waals surface area contributed by atoms with Crippen LogP contribution < -0.4 is 0 Å². The second-order valence-electron chi connectivity index (χ2n) is 5.22. The summed E-state index contributed by atoms with van der Waals surface area (Å²) in [4.78, 5) is 10.7. The van der Waals surface area contributed by atoms with Crippen LogP contribution in [0.3, 0.4) is 0 Å². The summed E-state index contributed by atoms with van der Waals surface area (Å²) in [5.74, 6) is -0.148. The maximum Gasteiger partial charge on any atom is 0.269 e. The predicted octanol–water partition coefficient (Wildman–Crippen LogP) is 5.43. The fourth-order valence-corrected chi connectivity index (χ4v) is 2.94. The van der Waals surface area contributed by atoms with E-state index in [2.05, 4.69) is 0 Å². The Labute approximate surface area is 139 Å². The summed E-state index contributed by atoms with van der Waals surface area (Å²) < 4.78 is 0. The van der Waals surface area contributed by atoms with Crippen molar-refractivity contribution in [3.8, 4) is 0 Å². The quantitative estimate of drug-likeness (QED) is 0.365. The SMILES string of the molecule is O=[N+]([O-])c1ccc(Cl)c(C(c2ccccc2)c2ccccc2)c1. The van der Waals surface area contributed by atoms with Gasteiger partial charge in [-0.2, -0.15) is 0 Å². The molecular formula is C19H14ClNO2. The lowest BCUT2D eigenvalue weighted by molar-refractivity contribution is -0.384. The van der Waals surface area contributed by atoms with Crippen LogP contribution in [0.5, 0.6) is 0 Å². The fraction of sp³-hybridized carbons (Fsp3) is 0.0526. The largest absolute Gasteiger partial charge is 0.269 e. The standard InChI is InChI=1S/C19H14ClNO2/c20-18-12-11-16(21(22)23)13-17(18)19(14-7-3-1-4-8-14)15-9-5-2-6-10-15/h1-13,19H. The maximum atomic E-state index is 11.1. The highest BCUT2D eigenvalue weighted by molar-refractivity contribution is 6.31. The van der Waals surface area contributed by atoms with Crippen LogP contribution in [0, 0.1) is 10.1 Å². The number of non-ortho nitro benzene ring substituents is 1. The van der Waals surface area contributed by atoms with Crippen LogP contribution in [-0.4, -0.2) is 4.92 Å². The van der Waals surface area contributed by atoms with Crippen LogP contribution >= 0.6 is 11.6 Å². The number of benzene rings is 3. The molecular weight excluding hydrogens is 310 g/mol. The Kier molecular flexibility index (Phi) is 4.40. The van der Waals surface area contributed by atoms with Gasteiger partial charge in [-0.1, -0.05) is 72.3 Å². The van der Waals surface area contributed by atoms with Gasteiger partial charge in [-0.25, -0.2) is 0 Å². The van der Waals surface area contributed by atoms with Crippen molar-refractivity contribution >= 4 is 17.3 Å². The molecule has 0 amide bonds. The molecule has 114 valence electrons. The molecule has 0 aliphatic rings. The van der Waals surface area contributed by atoms with Crippen LogP contribution in [-0.2, 0) is 0 Å². The third-order valence-corrected chi connectivity index (χ3v) is 4.11. The van der Waals surface area contributed by atoms with Gasteiger partial charge in [-0.3, -0.25) is 10.1 Å². The van der Waals surface area contributed by atoms with E-state index in [1.807, 2.05) is 60.7 Å². The molecule has 0 atom stereocenters. The van der Waals surface area contributed by atoms with Crippen molar-refractivity contribution < 1.29 is 4.92 Å². The molecule has 0 fully saturated rings. The van der Waals surface area contributed by atoms with E-state index in [0.717, 1.165) is 16.7 Å². The minimum absolute atomic E-state index is 0.0428.